The Labute approximate surface area is 125 Å². The Morgan fingerprint density at radius 1 is 1.14 bits per heavy atom. The molecule has 1 aromatic carbocycles. The quantitative estimate of drug-likeness (QED) is 0.756. The Morgan fingerprint density at radius 2 is 1.71 bits per heavy atom. The second kappa shape index (κ2) is 6.55. The van der Waals surface area contributed by atoms with E-state index in [4.69, 9.17) is 0 Å². The van der Waals surface area contributed by atoms with Gasteiger partial charge in [0, 0.05) is 26.2 Å². The molecular formula is C14H20N2O4S. The predicted octanol–water partition coefficient (Wildman–Crippen LogP) is 0.474. The van der Waals surface area contributed by atoms with E-state index >= 15 is 0 Å². The Bertz CT molecular complexity index is 590. The van der Waals surface area contributed by atoms with Gasteiger partial charge < -0.3 is 4.74 Å². The van der Waals surface area contributed by atoms with Crippen LogP contribution in [0.4, 0.5) is 0 Å². The van der Waals surface area contributed by atoms with E-state index in [0.717, 1.165) is 5.56 Å². The summed E-state index contributed by atoms with van der Waals surface area (Å²) < 4.78 is 31.1. The molecule has 1 aliphatic heterocycles. The maximum atomic E-state index is 12.5. The van der Waals surface area contributed by atoms with Gasteiger partial charge in [-0.25, -0.2) is 8.42 Å². The number of sulfonamides is 1. The van der Waals surface area contributed by atoms with Crippen molar-refractivity contribution in [3.63, 3.8) is 0 Å². The van der Waals surface area contributed by atoms with Gasteiger partial charge in [-0.2, -0.15) is 4.31 Å². The van der Waals surface area contributed by atoms with E-state index in [1.54, 1.807) is 24.3 Å². The number of carbonyl (C=O) groups excluding carboxylic acids is 1. The maximum Gasteiger partial charge on any atom is 0.319 e. The van der Waals surface area contributed by atoms with Crippen molar-refractivity contribution in [1.82, 2.24) is 9.21 Å². The Hall–Kier alpha value is -1.44. The topological polar surface area (TPSA) is 66.9 Å². The number of benzene rings is 1. The second-order valence-corrected chi connectivity index (χ2v) is 7.01. The number of rotatable bonds is 4. The smallest absolute Gasteiger partial charge is 0.319 e. The van der Waals surface area contributed by atoms with Crippen LogP contribution in [-0.2, 0) is 19.6 Å². The molecule has 0 bridgehead atoms. The van der Waals surface area contributed by atoms with Crippen LogP contribution in [0.15, 0.2) is 29.2 Å². The average molecular weight is 312 g/mol. The van der Waals surface area contributed by atoms with Crippen molar-refractivity contribution >= 4 is 16.0 Å². The maximum absolute atomic E-state index is 12.5. The van der Waals surface area contributed by atoms with Crippen molar-refractivity contribution in [2.45, 2.75) is 11.8 Å². The van der Waals surface area contributed by atoms with Crippen molar-refractivity contribution in [2.75, 3.05) is 39.8 Å². The number of hydrogen-bond acceptors (Lipinski definition) is 5. The highest BCUT2D eigenvalue weighted by Crippen LogP contribution is 2.18. The molecule has 0 amide bonds. The molecule has 0 saturated carbocycles. The molecule has 1 aromatic rings. The molecular weight excluding hydrogens is 292 g/mol. The SMILES string of the molecule is COC(=O)CN1CCN(S(=O)(=O)c2ccc(C)cc2)CC1. The summed E-state index contributed by atoms with van der Waals surface area (Å²) >= 11 is 0. The fourth-order valence-electron chi connectivity index (χ4n) is 2.23. The molecule has 0 aromatic heterocycles. The van der Waals surface area contributed by atoms with Gasteiger partial charge in [-0.3, -0.25) is 9.69 Å². The van der Waals surface area contributed by atoms with Crippen LogP contribution in [-0.4, -0.2) is 63.4 Å². The van der Waals surface area contributed by atoms with E-state index in [-0.39, 0.29) is 12.5 Å². The van der Waals surface area contributed by atoms with E-state index in [2.05, 4.69) is 4.74 Å². The van der Waals surface area contributed by atoms with Crippen molar-refractivity contribution in [1.29, 1.82) is 0 Å². The normalized spacial score (nSPS) is 17.6. The lowest BCUT2D eigenvalue weighted by molar-refractivity contribution is -0.142. The minimum Gasteiger partial charge on any atom is -0.468 e. The lowest BCUT2D eigenvalue weighted by Gasteiger charge is -2.33. The highest BCUT2D eigenvalue weighted by molar-refractivity contribution is 7.89. The first-order valence-electron chi connectivity index (χ1n) is 6.79. The number of aryl methyl sites for hydroxylation is 1. The first-order valence-corrected chi connectivity index (χ1v) is 8.23. The molecule has 6 nitrogen and oxygen atoms in total. The lowest BCUT2D eigenvalue weighted by atomic mass is 10.2. The lowest BCUT2D eigenvalue weighted by Crippen LogP contribution is -2.49. The number of ether oxygens (including phenoxy) is 1. The number of carbonyl (C=O) groups is 1. The summed E-state index contributed by atoms with van der Waals surface area (Å²) in [5, 5.41) is 0. The van der Waals surface area contributed by atoms with Crippen LogP contribution >= 0.6 is 0 Å². The van der Waals surface area contributed by atoms with Crippen molar-refractivity contribution < 1.29 is 17.9 Å². The number of esters is 1. The molecule has 2 rings (SSSR count). The summed E-state index contributed by atoms with van der Waals surface area (Å²) in [6, 6.07) is 6.84. The van der Waals surface area contributed by atoms with Gasteiger partial charge >= 0.3 is 5.97 Å². The first-order chi connectivity index (χ1) is 9.93. The first kappa shape index (κ1) is 15.9. The van der Waals surface area contributed by atoms with E-state index < -0.39 is 10.0 Å². The van der Waals surface area contributed by atoms with Gasteiger partial charge in [0.1, 0.15) is 0 Å². The third-order valence-corrected chi connectivity index (χ3v) is 5.48. The van der Waals surface area contributed by atoms with Crippen molar-refractivity contribution in [2.24, 2.45) is 0 Å². The number of hydrogen-bond donors (Lipinski definition) is 0. The summed E-state index contributed by atoms with van der Waals surface area (Å²) in [6.45, 7) is 3.94. The molecule has 1 saturated heterocycles. The van der Waals surface area contributed by atoms with Gasteiger partial charge in [0.2, 0.25) is 10.0 Å². The molecule has 0 spiro atoms. The number of methoxy groups -OCH3 is 1. The Kier molecular flexibility index (Phi) is 4.97. The Balaban J connectivity index is 2.01. The van der Waals surface area contributed by atoms with Crippen LogP contribution in [0.2, 0.25) is 0 Å². The van der Waals surface area contributed by atoms with Crippen LogP contribution in [0.1, 0.15) is 5.56 Å². The van der Waals surface area contributed by atoms with E-state index in [1.165, 1.54) is 11.4 Å². The molecule has 1 fully saturated rings. The van der Waals surface area contributed by atoms with Gasteiger partial charge in [-0.05, 0) is 19.1 Å². The van der Waals surface area contributed by atoms with E-state index in [1.807, 2.05) is 11.8 Å². The van der Waals surface area contributed by atoms with E-state index in [9.17, 15) is 13.2 Å². The molecule has 116 valence electrons. The minimum absolute atomic E-state index is 0.203. The predicted molar refractivity (Wildman–Crippen MR) is 78.4 cm³/mol. The summed E-state index contributed by atoms with van der Waals surface area (Å²) in [5.41, 5.74) is 1.02. The third kappa shape index (κ3) is 3.81. The highest BCUT2D eigenvalue weighted by atomic mass is 32.2. The molecule has 0 unspecified atom stereocenters. The second-order valence-electron chi connectivity index (χ2n) is 5.07. The molecule has 0 N–H and O–H groups in total. The monoisotopic (exact) mass is 312 g/mol. The summed E-state index contributed by atoms with van der Waals surface area (Å²) in [4.78, 5) is 13.4. The largest absolute Gasteiger partial charge is 0.468 e. The Morgan fingerprint density at radius 3 is 2.24 bits per heavy atom. The zero-order valence-corrected chi connectivity index (χ0v) is 13.1. The molecule has 0 radical (unpaired) electrons. The van der Waals surface area contributed by atoms with Crippen LogP contribution in [0, 0.1) is 6.92 Å². The van der Waals surface area contributed by atoms with Crippen molar-refractivity contribution in [3.05, 3.63) is 29.8 Å². The summed E-state index contributed by atoms with van der Waals surface area (Å²) in [6.07, 6.45) is 0. The molecule has 21 heavy (non-hydrogen) atoms. The minimum atomic E-state index is -3.45. The third-order valence-electron chi connectivity index (χ3n) is 3.57. The van der Waals surface area contributed by atoms with Gasteiger partial charge in [0.25, 0.3) is 0 Å². The summed E-state index contributed by atoms with van der Waals surface area (Å²) in [5.74, 6) is -0.301. The fourth-order valence-corrected chi connectivity index (χ4v) is 3.66. The zero-order valence-electron chi connectivity index (χ0n) is 12.3. The van der Waals surface area contributed by atoms with Gasteiger partial charge in [0.05, 0.1) is 18.6 Å². The molecule has 0 aliphatic carbocycles. The number of nitrogens with zero attached hydrogens (tertiary/aromatic N) is 2. The van der Waals surface area contributed by atoms with E-state index in [0.29, 0.717) is 31.1 Å². The molecule has 0 atom stereocenters. The fraction of sp³-hybridized carbons (Fsp3) is 0.500. The van der Waals surface area contributed by atoms with Crippen LogP contribution in [0.3, 0.4) is 0 Å². The number of piperazine rings is 1. The average Bonchev–Trinajstić information content (AvgIpc) is 2.48. The summed E-state index contributed by atoms with van der Waals surface area (Å²) in [7, 11) is -2.10. The zero-order chi connectivity index (χ0) is 15.5. The van der Waals surface area contributed by atoms with Gasteiger partial charge in [-0.1, -0.05) is 17.7 Å². The van der Waals surface area contributed by atoms with Crippen LogP contribution in [0.25, 0.3) is 0 Å². The molecule has 7 heteroatoms. The standard InChI is InChI=1S/C14H20N2O4S/c1-12-3-5-13(6-4-12)21(18,19)16-9-7-15(8-10-16)11-14(17)20-2/h3-6H,7-11H2,1-2H3. The van der Waals surface area contributed by atoms with Crippen LogP contribution in [0.5, 0.6) is 0 Å². The van der Waals surface area contributed by atoms with Gasteiger partial charge in [-0.15, -0.1) is 0 Å². The molecule has 1 heterocycles. The van der Waals surface area contributed by atoms with Gasteiger partial charge in [0.15, 0.2) is 0 Å². The highest BCUT2D eigenvalue weighted by Gasteiger charge is 2.28. The van der Waals surface area contributed by atoms with Crippen molar-refractivity contribution in [3.8, 4) is 0 Å². The molecule has 1 aliphatic rings. The van der Waals surface area contributed by atoms with Crippen LogP contribution < -0.4 is 0 Å².